The number of anilines is 2. The summed E-state index contributed by atoms with van der Waals surface area (Å²) in [6.07, 6.45) is 0.925. The van der Waals surface area contributed by atoms with Gasteiger partial charge in [-0.25, -0.2) is 4.98 Å². The first-order chi connectivity index (χ1) is 12.0. The molecule has 1 heterocycles. The van der Waals surface area contributed by atoms with Crippen molar-refractivity contribution in [3.63, 3.8) is 0 Å². The number of carbonyl (C=O) groups excluding carboxylic acids is 1. The number of nitro benzene ring substituents is 1. The summed E-state index contributed by atoms with van der Waals surface area (Å²) in [5.41, 5.74) is 2.58. The average molecular weight is 356 g/mol. The number of benzene rings is 2. The van der Waals surface area contributed by atoms with Crippen LogP contribution in [0.25, 0.3) is 10.2 Å². The number of non-ortho nitro benzene ring substituents is 1. The summed E-state index contributed by atoms with van der Waals surface area (Å²) in [5, 5.41) is 17.0. The van der Waals surface area contributed by atoms with Crippen LogP contribution in [0.3, 0.4) is 0 Å². The SMILES string of the molecule is CCc1ccc2nc(NC(=O)c3cc([N+](=O)[O-])ccc3NC)sc2c1. The molecule has 0 spiro atoms. The molecule has 2 aromatic carbocycles. The molecule has 0 unspecified atom stereocenters. The minimum Gasteiger partial charge on any atom is -0.387 e. The van der Waals surface area contributed by atoms with Crippen LogP contribution in [-0.4, -0.2) is 22.9 Å². The van der Waals surface area contributed by atoms with E-state index in [2.05, 4.69) is 28.6 Å². The summed E-state index contributed by atoms with van der Waals surface area (Å²) < 4.78 is 0.988. The van der Waals surface area contributed by atoms with Crippen LogP contribution in [-0.2, 0) is 6.42 Å². The maximum atomic E-state index is 12.6. The lowest BCUT2D eigenvalue weighted by atomic mass is 10.1. The molecule has 0 saturated heterocycles. The predicted molar refractivity (Wildman–Crippen MR) is 99.6 cm³/mol. The van der Waals surface area contributed by atoms with Crippen molar-refractivity contribution in [2.24, 2.45) is 0 Å². The van der Waals surface area contributed by atoms with E-state index in [1.165, 1.54) is 35.1 Å². The summed E-state index contributed by atoms with van der Waals surface area (Å²) in [6, 6.07) is 10.1. The van der Waals surface area contributed by atoms with E-state index < -0.39 is 10.8 Å². The van der Waals surface area contributed by atoms with Gasteiger partial charge < -0.3 is 5.32 Å². The number of aryl methyl sites for hydroxylation is 1. The molecule has 0 atom stereocenters. The Morgan fingerprint density at radius 1 is 1.28 bits per heavy atom. The van der Waals surface area contributed by atoms with Gasteiger partial charge in [-0.1, -0.05) is 24.3 Å². The highest BCUT2D eigenvalue weighted by Crippen LogP contribution is 2.28. The predicted octanol–water partition coefficient (Wildman–Crippen LogP) is 4.06. The first-order valence-corrected chi connectivity index (χ1v) is 8.50. The second-order valence-electron chi connectivity index (χ2n) is 5.37. The molecular formula is C17H16N4O3S. The van der Waals surface area contributed by atoms with E-state index in [1.807, 2.05) is 12.1 Å². The number of carbonyl (C=O) groups is 1. The molecule has 25 heavy (non-hydrogen) atoms. The molecule has 3 aromatic rings. The highest BCUT2D eigenvalue weighted by molar-refractivity contribution is 7.22. The number of rotatable bonds is 5. The lowest BCUT2D eigenvalue weighted by molar-refractivity contribution is -0.384. The Morgan fingerprint density at radius 3 is 2.76 bits per heavy atom. The van der Waals surface area contributed by atoms with Gasteiger partial charge in [0.1, 0.15) is 0 Å². The quantitative estimate of drug-likeness (QED) is 0.531. The standard InChI is InChI=1S/C17H16N4O3S/c1-3-10-4-6-14-15(8-10)25-17(19-14)20-16(22)12-9-11(21(23)24)5-7-13(12)18-2/h4-9,18H,3H2,1-2H3,(H,19,20,22). The zero-order chi connectivity index (χ0) is 18.0. The number of thiazole rings is 1. The van der Waals surface area contributed by atoms with Gasteiger partial charge in [0.25, 0.3) is 11.6 Å². The third kappa shape index (κ3) is 3.43. The van der Waals surface area contributed by atoms with E-state index in [1.54, 1.807) is 7.05 Å². The lowest BCUT2D eigenvalue weighted by Gasteiger charge is -2.08. The molecule has 0 aliphatic rings. The maximum Gasteiger partial charge on any atom is 0.270 e. The first-order valence-electron chi connectivity index (χ1n) is 7.69. The van der Waals surface area contributed by atoms with Crippen molar-refractivity contribution in [3.05, 3.63) is 57.6 Å². The van der Waals surface area contributed by atoms with Gasteiger partial charge in [0.05, 0.1) is 20.7 Å². The summed E-state index contributed by atoms with van der Waals surface area (Å²) in [5.74, 6) is -0.442. The zero-order valence-corrected chi connectivity index (χ0v) is 14.5. The molecule has 0 aliphatic carbocycles. The Bertz CT molecular complexity index is 968. The monoisotopic (exact) mass is 356 g/mol. The van der Waals surface area contributed by atoms with Crippen LogP contribution in [0.1, 0.15) is 22.8 Å². The minimum atomic E-state index is -0.528. The van der Waals surface area contributed by atoms with E-state index in [-0.39, 0.29) is 11.3 Å². The topological polar surface area (TPSA) is 97.2 Å². The molecule has 0 radical (unpaired) electrons. The number of nitro groups is 1. The zero-order valence-electron chi connectivity index (χ0n) is 13.7. The molecule has 7 nitrogen and oxygen atoms in total. The Hall–Kier alpha value is -3.00. The minimum absolute atomic E-state index is 0.138. The van der Waals surface area contributed by atoms with Crippen molar-refractivity contribution < 1.29 is 9.72 Å². The van der Waals surface area contributed by atoms with Gasteiger partial charge in [-0.2, -0.15) is 0 Å². The molecule has 0 fully saturated rings. The summed E-state index contributed by atoms with van der Waals surface area (Å²) in [6.45, 7) is 2.08. The second-order valence-corrected chi connectivity index (χ2v) is 6.40. The highest BCUT2D eigenvalue weighted by Gasteiger charge is 2.17. The van der Waals surface area contributed by atoms with E-state index in [0.717, 1.165) is 16.6 Å². The number of nitrogens with one attached hydrogen (secondary N) is 2. The Labute approximate surface area is 147 Å². The fraction of sp³-hybridized carbons (Fsp3) is 0.176. The van der Waals surface area contributed by atoms with E-state index in [9.17, 15) is 14.9 Å². The van der Waals surface area contributed by atoms with Gasteiger partial charge in [-0.05, 0) is 30.2 Å². The lowest BCUT2D eigenvalue weighted by Crippen LogP contribution is -2.14. The van der Waals surface area contributed by atoms with Crippen molar-refractivity contribution in [2.75, 3.05) is 17.7 Å². The van der Waals surface area contributed by atoms with Crippen molar-refractivity contribution in [3.8, 4) is 0 Å². The Balaban J connectivity index is 1.91. The summed E-state index contributed by atoms with van der Waals surface area (Å²) >= 11 is 1.38. The number of aromatic nitrogens is 1. The molecule has 0 aliphatic heterocycles. The number of fused-ring (bicyclic) bond motifs is 1. The fourth-order valence-corrected chi connectivity index (χ4v) is 3.38. The molecule has 2 N–H and O–H groups in total. The van der Waals surface area contributed by atoms with Crippen LogP contribution in [0.15, 0.2) is 36.4 Å². The normalized spacial score (nSPS) is 10.6. The molecule has 128 valence electrons. The van der Waals surface area contributed by atoms with Crippen LogP contribution in [0, 0.1) is 10.1 Å². The van der Waals surface area contributed by atoms with Crippen molar-refractivity contribution >= 4 is 44.0 Å². The highest BCUT2D eigenvalue weighted by atomic mass is 32.1. The average Bonchev–Trinajstić information content (AvgIpc) is 3.01. The van der Waals surface area contributed by atoms with Gasteiger partial charge in [0, 0.05) is 24.9 Å². The second kappa shape index (κ2) is 6.86. The van der Waals surface area contributed by atoms with Crippen LogP contribution in [0.5, 0.6) is 0 Å². The molecule has 1 amide bonds. The Kier molecular flexibility index (Phi) is 4.62. The number of hydrogen-bond acceptors (Lipinski definition) is 6. The largest absolute Gasteiger partial charge is 0.387 e. The van der Waals surface area contributed by atoms with Crippen LogP contribution < -0.4 is 10.6 Å². The maximum absolute atomic E-state index is 12.6. The van der Waals surface area contributed by atoms with Crippen molar-refractivity contribution in [1.29, 1.82) is 0 Å². The molecular weight excluding hydrogens is 340 g/mol. The first kappa shape index (κ1) is 16.8. The van der Waals surface area contributed by atoms with E-state index in [4.69, 9.17) is 0 Å². The van der Waals surface area contributed by atoms with Crippen LogP contribution >= 0.6 is 11.3 Å². The third-order valence-electron chi connectivity index (χ3n) is 3.81. The van der Waals surface area contributed by atoms with Crippen molar-refractivity contribution in [2.45, 2.75) is 13.3 Å². The van der Waals surface area contributed by atoms with E-state index in [0.29, 0.717) is 10.8 Å². The van der Waals surface area contributed by atoms with Gasteiger partial charge in [-0.3, -0.25) is 20.2 Å². The fourth-order valence-electron chi connectivity index (χ4n) is 2.46. The van der Waals surface area contributed by atoms with Gasteiger partial charge in [0.2, 0.25) is 0 Å². The van der Waals surface area contributed by atoms with Crippen LogP contribution in [0.4, 0.5) is 16.5 Å². The number of hydrogen-bond donors (Lipinski definition) is 2. The van der Waals surface area contributed by atoms with Crippen LogP contribution in [0.2, 0.25) is 0 Å². The van der Waals surface area contributed by atoms with Gasteiger partial charge in [0.15, 0.2) is 5.13 Å². The summed E-state index contributed by atoms with van der Waals surface area (Å²) in [4.78, 5) is 27.4. The number of nitrogens with zero attached hydrogens (tertiary/aromatic N) is 2. The van der Waals surface area contributed by atoms with Crippen molar-refractivity contribution in [1.82, 2.24) is 4.98 Å². The Morgan fingerprint density at radius 2 is 2.08 bits per heavy atom. The summed E-state index contributed by atoms with van der Waals surface area (Å²) in [7, 11) is 1.65. The number of amides is 1. The van der Waals surface area contributed by atoms with Gasteiger partial charge in [-0.15, -0.1) is 0 Å². The molecule has 8 heteroatoms. The molecule has 0 bridgehead atoms. The molecule has 0 saturated carbocycles. The molecule has 3 rings (SSSR count). The third-order valence-corrected chi connectivity index (χ3v) is 4.74. The smallest absolute Gasteiger partial charge is 0.270 e. The molecule has 1 aromatic heterocycles. The van der Waals surface area contributed by atoms with Gasteiger partial charge >= 0.3 is 0 Å². The van der Waals surface area contributed by atoms with E-state index >= 15 is 0 Å².